The van der Waals surface area contributed by atoms with Crippen molar-refractivity contribution in [3.63, 3.8) is 0 Å². The second-order valence-corrected chi connectivity index (χ2v) is 1.30. The zero-order valence-electron chi connectivity index (χ0n) is 5.03. The first-order valence-corrected chi connectivity index (χ1v) is 2.64. The SMILES string of the molecule is CCOCCNC. The first-order valence-electron chi connectivity index (χ1n) is 2.64. The predicted octanol–water partition coefficient (Wildman–Crippen LogP) is 0.242. The van der Waals surface area contributed by atoms with Gasteiger partial charge in [0.2, 0.25) is 0 Å². The first-order chi connectivity index (χ1) is 3.41. The van der Waals surface area contributed by atoms with Gasteiger partial charge >= 0.3 is 0 Å². The molecule has 44 valence electrons. The molecule has 0 saturated heterocycles. The molecule has 0 radical (unpaired) electrons. The lowest BCUT2D eigenvalue weighted by atomic mass is 10.7. The smallest absolute Gasteiger partial charge is 0.0590 e. The van der Waals surface area contributed by atoms with Crippen LogP contribution in [0.5, 0.6) is 0 Å². The standard InChI is InChI=1S/C5H13NO/c1-3-7-5-4-6-2/h6H,3-5H2,1-2H3. The van der Waals surface area contributed by atoms with Crippen LogP contribution < -0.4 is 5.32 Å². The van der Waals surface area contributed by atoms with E-state index < -0.39 is 0 Å². The van der Waals surface area contributed by atoms with E-state index in [1.165, 1.54) is 0 Å². The molecule has 0 bridgehead atoms. The average molecular weight is 103 g/mol. The van der Waals surface area contributed by atoms with Crippen LogP contribution in [0.2, 0.25) is 0 Å². The van der Waals surface area contributed by atoms with Gasteiger partial charge < -0.3 is 10.1 Å². The first kappa shape index (κ1) is 6.92. The normalized spacial score (nSPS) is 9.43. The van der Waals surface area contributed by atoms with E-state index in [0.717, 1.165) is 19.8 Å². The van der Waals surface area contributed by atoms with Crippen LogP contribution >= 0.6 is 0 Å². The summed E-state index contributed by atoms with van der Waals surface area (Å²) in [5.41, 5.74) is 0. The molecule has 0 rings (SSSR count). The monoisotopic (exact) mass is 103 g/mol. The van der Waals surface area contributed by atoms with Crippen molar-refractivity contribution in [3.8, 4) is 0 Å². The van der Waals surface area contributed by atoms with E-state index in [0.29, 0.717) is 0 Å². The van der Waals surface area contributed by atoms with E-state index in [1.54, 1.807) is 0 Å². The van der Waals surface area contributed by atoms with E-state index >= 15 is 0 Å². The molecule has 0 fully saturated rings. The molecule has 1 N–H and O–H groups in total. The van der Waals surface area contributed by atoms with E-state index in [-0.39, 0.29) is 0 Å². The summed E-state index contributed by atoms with van der Waals surface area (Å²) in [4.78, 5) is 0. The minimum absolute atomic E-state index is 0.821. The highest BCUT2D eigenvalue weighted by atomic mass is 16.5. The van der Waals surface area contributed by atoms with Gasteiger partial charge in [0.1, 0.15) is 0 Å². The van der Waals surface area contributed by atoms with Gasteiger partial charge in [-0.05, 0) is 14.0 Å². The topological polar surface area (TPSA) is 21.3 Å². The summed E-state index contributed by atoms with van der Waals surface area (Å²) in [5, 5.41) is 2.98. The Morgan fingerprint density at radius 1 is 1.57 bits per heavy atom. The van der Waals surface area contributed by atoms with Gasteiger partial charge in [-0.15, -0.1) is 0 Å². The van der Waals surface area contributed by atoms with Gasteiger partial charge in [0.25, 0.3) is 0 Å². The van der Waals surface area contributed by atoms with Crippen LogP contribution in [0, 0.1) is 0 Å². The van der Waals surface area contributed by atoms with Gasteiger partial charge in [-0.2, -0.15) is 0 Å². The molecule has 0 aliphatic carbocycles. The molecular weight excluding hydrogens is 90.1 g/mol. The van der Waals surface area contributed by atoms with Gasteiger partial charge in [-0.3, -0.25) is 0 Å². The molecule has 0 saturated carbocycles. The van der Waals surface area contributed by atoms with Gasteiger partial charge in [-0.25, -0.2) is 0 Å². The highest BCUT2D eigenvalue weighted by Crippen LogP contribution is 1.67. The summed E-state index contributed by atoms with van der Waals surface area (Å²) >= 11 is 0. The summed E-state index contributed by atoms with van der Waals surface area (Å²) in [6.45, 7) is 4.60. The maximum Gasteiger partial charge on any atom is 0.0590 e. The maximum absolute atomic E-state index is 5.01. The second kappa shape index (κ2) is 5.92. The Morgan fingerprint density at radius 3 is 2.71 bits per heavy atom. The van der Waals surface area contributed by atoms with Crippen molar-refractivity contribution in [2.75, 3.05) is 26.8 Å². The molecule has 0 aromatic carbocycles. The molecule has 2 nitrogen and oxygen atoms in total. The molecule has 0 aromatic heterocycles. The van der Waals surface area contributed by atoms with Crippen molar-refractivity contribution in [3.05, 3.63) is 0 Å². The lowest BCUT2D eigenvalue weighted by molar-refractivity contribution is 0.151. The largest absolute Gasteiger partial charge is 0.380 e. The Balaban J connectivity index is 2.45. The van der Waals surface area contributed by atoms with Crippen LogP contribution in [0.1, 0.15) is 6.92 Å². The predicted molar refractivity (Wildman–Crippen MR) is 30.4 cm³/mol. The maximum atomic E-state index is 5.01. The number of hydrogen-bond acceptors (Lipinski definition) is 2. The third-order valence-electron chi connectivity index (χ3n) is 0.701. The third kappa shape index (κ3) is 5.92. The lowest BCUT2D eigenvalue weighted by Gasteiger charge is -1.96. The Morgan fingerprint density at radius 2 is 2.29 bits per heavy atom. The molecule has 0 amide bonds. The van der Waals surface area contributed by atoms with Crippen molar-refractivity contribution < 1.29 is 4.74 Å². The van der Waals surface area contributed by atoms with E-state index in [4.69, 9.17) is 4.74 Å². The molecule has 7 heavy (non-hydrogen) atoms. The fraction of sp³-hybridized carbons (Fsp3) is 1.00. The van der Waals surface area contributed by atoms with Crippen molar-refractivity contribution in [2.24, 2.45) is 0 Å². The second-order valence-electron chi connectivity index (χ2n) is 1.30. The Labute approximate surface area is 44.9 Å². The average Bonchev–Trinajstić information content (AvgIpc) is 1.69. The molecule has 2 heteroatoms. The van der Waals surface area contributed by atoms with Crippen LogP contribution in [0.3, 0.4) is 0 Å². The number of ether oxygens (including phenoxy) is 1. The van der Waals surface area contributed by atoms with Crippen molar-refractivity contribution in [1.29, 1.82) is 0 Å². The quantitative estimate of drug-likeness (QED) is 0.515. The van der Waals surface area contributed by atoms with Gasteiger partial charge in [-0.1, -0.05) is 0 Å². The van der Waals surface area contributed by atoms with Crippen molar-refractivity contribution in [2.45, 2.75) is 6.92 Å². The van der Waals surface area contributed by atoms with Crippen LogP contribution in [-0.4, -0.2) is 26.8 Å². The minimum Gasteiger partial charge on any atom is -0.380 e. The van der Waals surface area contributed by atoms with Crippen LogP contribution in [0.15, 0.2) is 0 Å². The molecule has 0 unspecified atom stereocenters. The van der Waals surface area contributed by atoms with Crippen LogP contribution in [0.25, 0.3) is 0 Å². The minimum atomic E-state index is 0.821. The van der Waals surface area contributed by atoms with E-state index in [2.05, 4.69) is 5.32 Å². The number of rotatable bonds is 4. The Hall–Kier alpha value is -0.0800. The van der Waals surface area contributed by atoms with Crippen LogP contribution in [0.4, 0.5) is 0 Å². The summed E-state index contributed by atoms with van der Waals surface area (Å²) in [5.74, 6) is 0. The fourth-order valence-corrected chi connectivity index (χ4v) is 0.319. The molecule has 0 aliphatic rings. The fourth-order valence-electron chi connectivity index (χ4n) is 0.319. The molecule has 0 aliphatic heterocycles. The molecular formula is C5H13NO. The van der Waals surface area contributed by atoms with Crippen molar-refractivity contribution >= 4 is 0 Å². The Kier molecular flexibility index (Phi) is 5.85. The number of nitrogens with one attached hydrogen (secondary N) is 1. The molecule has 0 aromatic rings. The summed E-state index contributed by atoms with van der Waals surface area (Å²) < 4.78 is 5.01. The zero-order chi connectivity index (χ0) is 5.54. The molecule has 0 heterocycles. The number of hydrogen-bond donors (Lipinski definition) is 1. The zero-order valence-corrected chi connectivity index (χ0v) is 5.03. The molecule has 0 atom stereocenters. The van der Waals surface area contributed by atoms with Crippen molar-refractivity contribution in [1.82, 2.24) is 5.32 Å². The van der Waals surface area contributed by atoms with Gasteiger partial charge in [0.05, 0.1) is 6.61 Å². The highest BCUT2D eigenvalue weighted by molar-refractivity contribution is 4.32. The van der Waals surface area contributed by atoms with Crippen LogP contribution in [-0.2, 0) is 4.74 Å². The lowest BCUT2D eigenvalue weighted by Crippen LogP contribution is -2.13. The van der Waals surface area contributed by atoms with E-state index in [1.807, 2.05) is 14.0 Å². The summed E-state index contributed by atoms with van der Waals surface area (Å²) in [6, 6.07) is 0. The summed E-state index contributed by atoms with van der Waals surface area (Å²) in [7, 11) is 1.92. The third-order valence-corrected chi connectivity index (χ3v) is 0.701. The van der Waals surface area contributed by atoms with Gasteiger partial charge in [0, 0.05) is 13.2 Å². The van der Waals surface area contributed by atoms with E-state index in [9.17, 15) is 0 Å². The Bertz CT molecular complexity index is 27.3. The number of likely N-dealkylation sites (N-methyl/N-ethyl adjacent to an activating group) is 1. The summed E-state index contributed by atoms with van der Waals surface area (Å²) in [6.07, 6.45) is 0. The highest BCUT2D eigenvalue weighted by Gasteiger charge is 1.76. The van der Waals surface area contributed by atoms with Gasteiger partial charge in [0.15, 0.2) is 0 Å². The molecule has 0 spiro atoms.